The topological polar surface area (TPSA) is 52.6 Å². The third-order valence-corrected chi connectivity index (χ3v) is 6.77. The molecule has 0 radical (unpaired) electrons. The lowest BCUT2D eigenvalue weighted by atomic mass is 9.93. The molecule has 3 aromatic rings. The number of hydrogen-bond donors (Lipinski definition) is 1. The van der Waals surface area contributed by atoms with Crippen LogP contribution in [0.5, 0.6) is 11.5 Å². The van der Waals surface area contributed by atoms with Crippen molar-refractivity contribution in [1.29, 1.82) is 0 Å². The van der Waals surface area contributed by atoms with Gasteiger partial charge < -0.3 is 19.5 Å². The third-order valence-electron chi connectivity index (χ3n) is 6.04. The molecule has 170 valence electrons. The van der Waals surface area contributed by atoms with Crippen LogP contribution < -0.4 is 14.8 Å². The molecule has 0 amide bonds. The number of aromatic nitrogens is 1. The Morgan fingerprint density at radius 3 is 2.69 bits per heavy atom. The van der Waals surface area contributed by atoms with Crippen molar-refractivity contribution < 1.29 is 14.2 Å². The van der Waals surface area contributed by atoms with Gasteiger partial charge in [-0.2, -0.15) is 0 Å². The van der Waals surface area contributed by atoms with E-state index in [-0.39, 0.29) is 5.60 Å². The second-order valence-corrected chi connectivity index (χ2v) is 9.68. The van der Waals surface area contributed by atoms with Gasteiger partial charge in [-0.05, 0) is 74.9 Å². The molecule has 0 bridgehead atoms. The normalized spacial score (nSPS) is 18.0. The Kier molecular flexibility index (Phi) is 6.93. The quantitative estimate of drug-likeness (QED) is 0.465. The fourth-order valence-corrected chi connectivity index (χ4v) is 4.78. The SMILES string of the molecule is COc1ccc(OC)c(-c2nc3cc(SC)ccc3cc2CNC2CCOC(C)(C)C2)c1. The van der Waals surface area contributed by atoms with Crippen molar-refractivity contribution in [3.05, 3.63) is 48.0 Å². The number of fused-ring (bicyclic) bond motifs is 1. The van der Waals surface area contributed by atoms with Crippen LogP contribution in [-0.2, 0) is 11.3 Å². The highest BCUT2D eigenvalue weighted by Gasteiger charge is 2.28. The smallest absolute Gasteiger partial charge is 0.128 e. The third kappa shape index (κ3) is 5.03. The molecule has 5 nitrogen and oxygen atoms in total. The fourth-order valence-electron chi connectivity index (χ4n) is 4.35. The first-order valence-corrected chi connectivity index (χ1v) is 12.2. The van der Waals surface area contributed by atoms with Gasteiger partial charge in [-0.15, -0.1) is 11.8 Å². The number of hydrogen-bond acceptors (Lipinski definition) is 6. The number of nitrogens with one attached hydrogen (secondary N) is 1. The molecule has 1 aromatic heterocycles. The number of methoxy groups -OCH3 is 2. The van der Waals surface area contributed by atoms with Gasteiger partial charge in [0, 0.05) is 35.0 Å². The van der Waals surface area contributed by atoms with Crippen molar-refractivity contribution in [3.8, 4) is 22.8 Å². The Bertz CT molecular complexity index is 1100. The summed E-state index contributed by atoms with van der Waals surface area (Å²) in [6, 6.07) is 15.0. The van der Waals surface area contributed by atoms with E-state index in [1.54, 1.807) is 26.0 Å². The minimum atomic E-state index is -0.0926. The van der Waals surface area contributed by atoms with E-state index in [0.717, 1.165) is 65.2 Å². The Hall–Kier alpha value is -2.28. The van der Waals surface area contributed by atoms with Crippen LogP contribution in [0.2, 0.25) is 0 Å². The molecular formula is C26H32N2O3S. The molecule has 32 heavy (non-hydrogen) atoms. The minimum Gasteiger partial charge on any atom is -0.497 e. The van der Waals surface area contributed by atoms with Crippen LogP contribution in [-0.4, -0.2) is 43.7 Å². The molecule has 1 atom stereocenters. The van der Waals surface area contributed by atoms with Crippen molar-refractivity contribution in [1.82, 2.24) is 10.3 Å². The van der Waals surface area contributed by atoms with Crippen molar-refractivity contribution in [2.45, 2.75) is 49.8 Å². The second kappa shape index (κ2) is 9.69. The van der Waals surface area contributed by atoms with Crippen molar-refractivity contribution >= 4 is 22.7 Å². The van der Waals surface area contributed by atoms with E-state index < -0.39 is 0 Å². The van der Waals surface area contributed by atoms with Crippen LogP contribution >= 0.6 is 11.8 Å². The zero-order chi connectivity index (χ0) is 22.7. The first-order valence-electron chi connectivity index (χ1n) is 11.0. The highest BCUT2D eigenvalue weighted by Crippen LogP contribution is 2.36. The van der Waals surface area contributed by atoms with Gasteiger partial charge in [0.15, 0.2) is 0 Å². The molecule has 0 aliphatic carbocycles. The average molecular weight is 453 g/mol. The van der Waals surface area contributed by atoms with E-state index in [4.69, 9.17) is 19.2 Å². The van der Waals surface area contributed by atoms with E-state index in [1.165, 1.54) is 4.90 Å². The molecule has 0 saturated carbocycles. The molecule has 1 unspecified atom stereocenters. The van der Waals surface area contributed by atoms with Crippen LogP contribution in [0, 0.1) is 0 Å². The second-order valence-electron chi connectivity index (χ2n) is 8.80. The summed E-state index contributed by atoms with van der Waals surface area (Å²) in [6.45, 7) is 5.83. The van der Waals surface area contributed by atoms with Gasteiger partial charge in [-0.3, -0.25) is 0 Å². The van der Waals surface area contributed by atoms with Crippen LogP contribution in [0.3, 0.4) is 0 Å². The number of thioether (sulfide) groups is 1. The molecule has 2 aromatic carbocycles. The van der Waals surface area contributed by atoms with Gasteiger partial charge in [-0.1, -0.05) is 6.07 Å². The molecule has 2 heterocycles. The Morgan fingerprint density at radius 2 is 1.97 bits per heavy atom. The van der Waals surface area contributed by atoms with E-state index in [2.05, 4.69) is 49.7 Å². The molecule has 1 N–H and O–H groups in total. The first kappa shape index (κ1) is 22.9. The number of benzene rings is 2. The Balaban J connectivity index is 1.77. The summed E-state index contributed by atoms with van der Waals surface area (Å²) in [7, 11) is 3.37. The number of pyridine rings is 1. The fraction of sp³-hybridized carbons (Fsp3) is 0.423. The lowest BCUT2D eigenvalue weighted by molar-refractivity contribution is -0.0630. The number of ether oxygens (including phenoxy) is 3. The summed E-state index contributed by atoms with van der Waals surface area (Å²) in [5.74, 6) is 1.57. The van der Waals surface area contributed by atoms with Gasteiger partial charge in [0.05, 0.1) is 31.0 Å². The summed E-state index contributed by atoms with van der Waals surface area (Å²) in [5.41, 5.74) is 3.89. The summed E-state index contributed by atoms with van der Waals surface area (Å²) < 4.78 is 17.1. The van der Waals surface area contributed by atoms with Gasteiger partial charge in [0.2, 0.25) is 0 Å². The van der Waals surface area contributed by atoms with Crippen LogP contribution in [0.15, 0.2) is 47.4 Å². The predicted molar refractivity (Wildman–Crippen MR) is 132 cm³/mol. The van der Waals surface area contributed by atoms with Crippen molar-refractivity contribution in [2.75, 3.05) is 27.1 Å². The van der Waals surface area contributed by atoms with Crippen LogP contribution in [0.25, 0.3) is 22.2 Å². The van der Waals surface area contributed by atoms with Crippen LogP contribution in [0.1, 0.15) is 32.3 Å². The molecule has 1 aliphatic rings. The van der Waals surface area contributed by atoms with E-state index in [9.17, 15) is 0 Å². The standard InChI is InChI=1S/C26H32N2O3S/c1-26(2)15-19(10-11-31-26)27-16-18-12-17-6-8-21(32-5)14-23(17)28-25(18)22-13-20(29-3)7-9-24(22)30-4/h6-9,12-14,19,27H,10-11,15-16H2,1-5H3. The summed E-state index contributed by atoms with van der Waals surface area (Å²) in [5, 5.41) is 4.90. The Morgan fingerprint density at radius 1 is 1.12 bits per heavy atom. The average Bonchev–Trinajstić information content (AvgIpc) is 2.80. The molecular weight excluding hydrogens is 420 g/mol. The monoisotopic (exact) mass is 452 g/mol. The molecule has 1 saturated heterocycles. The molecule has 1 fully saturated rings. The lowest BCUT2D eigenvalue weighted by Crippen LogP contribution is -2.43. The molecule has 0 spiro atoms. The highest BCUT2D eigenvalue weighted by atomic mass is 32.2. The summed E-state index contributed by atoms with van der Waals surface area (Å²) in [6.07, 6.45) is 4.09. The molecule has 6 heteroatoms. The van der Waals surface area contributed by atoms with Gasteiger partial charge in [0.1, 0.15) is 11.5 Å². The first-order chi connectivity index (χ1) is 15.4. The number of rotatable bonds is 7. The van der Waals surface area contributed by atoms with Crippen molar-refractivity contribution in [3.63, 3.8) is 0 Å². The zero-order valence-corrected chi connectivity index (χ0v) is 20.3. The van der Waals surface area contributed by atoms with Crippen molar-refractivity contribution in [2.24, 2.45) is 0 Å². The van der Waals surface area contributed by atoms with Gasteiger partial charge in [-0.25, -0.2) is 4.98 Å². The predicted octanol–water partition coefficient (Wildman–Crippen LogP) is 5.69. The van der Waals surface area contributed by atoms with Crippen LogP contribution in [0.4, 0.5) is 0 Å². The van der Waals surface area contributed by atoms with Gasteiger partial charge >= 0.3 is 0 Å². The Labute approximate surface area is 194 Å². The molecule has 1 aliphatic heterocycles. The summed E-state index contributed by atoms with van der Waals surface area (Å²) >= 11 is 1.72. The lowest BCUT2D eigenvalue weighted by Gasteiger charge is -2.36. The highest BCUT2D eigenvalue weighted by molar-refractivity contribution is 7.98. The maximum atomic E-state index is 5.89. The van der Waals surface area contributed by atoms with Gasteiger partial charge in [0.25, 0.3) is 0 Å². The van der Waals surface area contributed by atoms with E-state index in [0.29, 0.717) is 6.04 Å². The largest absolute Gasteiger partial charge is 0.497 e. The summed E-state index contributed by atoms with van der Waals surface area (Å²) in [4.78, 5) is 6.31. The minimum absolute atomic E-state index is 0.0926. The van der Waals surface area contributed by atoms with E-state index >= 15 is 0 Å². The maximum absolute atomic E-state index is 5.89. The zero-order valence-electron chi connectivity index (χ0n) is 19.5. The number of nitrogens with zero attached hydrogens (tertiary/aromatic N) is 1. The maximum Gasteiger partial charge on any atom is 0.128 e. The molecule has 4 rings (SSSR count). The van der Waals surface area contributed by atoms with E-state index in [1.807, 2.05) is 18.2 Å².